The standard InChI is InChI=1S/C12H22N4O4/c1-11(2,7-17)5-13-15-9(19)10(20)16-14-6-12(3,4)8-18/h5-6,17-18H,7-8H2,1-4H3,(H,15,19)(H,16,20)/b13-5+,14-6+. The van der Waals surface area contributed by atoms with Gasteiger partial charge in [0.15, 0.2) is 0 Å². The summed E-state index contributed by atoms with van der Waals surface area (Å²) in [5, 5.41) is 25.1. The van der Waals surface area contributed by atoms with Gasteiger partial charge < -0.3 is 10.2 Å². The average Bonchev–Trinajstić information content (AvgIpc) is 2.38. The zero-order valence-corrected chi connectivity index (χ0v) is 12.2. The van der Waals surface area contributed by atoms with Crippen molar-refractivity contribution in [3.63, 3.8) is 0 Å². The number of aliphatic hydroxyl groups is 2. The van der Waals surface area contributed by atoms with Gasteiger partial charge in [0, 0.05) is 23.3 Å². The van der Waals surface area contributed by atoms with Crippen molar-refractivity contribution in [2.45, 2.75) is 27.7 Å². The Morgan fingerprint density at radius 1 is 0.900 bits per heavy atom. The van der Waals surface area contributed by atoms with Crippen LogP contribution in [0.3, 0.4) is 0 Å². The molecular weight excluding hydrogens is 264 g/mol. The topological polar surface area (TPSA) is 123 Å². The van der Waals surface area contributed by atoms with Crippen LogP contribution < -0.4 is 10.9 Å². The van der Waals surface area contributed by atoms with E-state index in [2.05, 4.69) is 10.2 Å². The lowest BCUT2D eigenvalue weighted by Crippen LogP contribution is -2.36. The molecule has 20 heavy (non-hydrogen) atoms. The first kappa shape index (κ1) is 18.2. The molecule has 8 heteroatoms. The molecule has 0 aliphatic rings. The van der Waals surface area contributed by atoms with E-state index in [1.54, 1.807) is 27.7 Å². The van der Waals surface area contributed by atoms with Crippen molar-refractivity contribution in [2.75, 3.05) is 13.2 Å². The number of carbonyl (C=O) groups is 2. The first-order valence-corrected chi connectivity index (χ1v) is 6.04. The molecule has 0 aliphatic heterocycles. The van der Waals surface area contributed by atoms with Crippen LogP contribution in [0.25, 0.3) is 0 Å². The van der Waals surface area contributed by atoms with E-state index >= 15 is 0 Å². The maximum absolute atomic E-state index is 11.3. The summed E-state index contributed by atoms with van der Waals surface area (Å²) in [6, 6.07) is 0. The lowest BCUT2D eigenvalue weighted by atomic mass is 9.97. The van der Waals surface area contributed by atoms with Crippen LogP contribution in [0.1, 0.15) is 27.7 Å². The van der Waals surface area contributed by atoms with Crippen LogP contribution in [0, 0.1) is 10.8 Å². The second-order valence-corrected chi connectivity index (χ2v) is 5.69. The molecule has 0 bridgehead atoms. The van der Waals surface area contributed by atoms with E-state index in [-0.39, 0.29) is 13.2 Å². The molecule has 0 saturated carbocycles. The van der Waals surface area contributed by atoms with Crippen LogP contribution in [0.15, 0.2) is 10.2 Å². The van der Waals surface area contributed by atoms with Gasteiger partial charge in [-0.2, -0.15) is 10.2 Å². The molecule has 0 unspecified atom stereocenters. The molecule has 0 rings (SSSR count). The lowest BCUT2D eigenvalue weighted by molar-refractivity contribution is -0.139. The van der Waals surface area contributed by atoms with Gasteiger partial charge in [0.05, 0.1) is 13.2 Å². The number of nitrogens with one attached hydrogen (secondary N) is 2. The molecule has 0 heterocycles. The number of amides is 2. The SMILES string of the molecule is CC(C)(/C=N/NC(=O)C(=O)N/N=C/C(C)(C)CO)CO. The van der Waals surface area contributed by atoms with Crippen LogP contribution >= 0.6 is 0 Å². The van der Waals surface area contributed by atoms with Gasteiger partial charge in [0.2, 0.25) is 0 Å². The third-order valence-electron chi connectivity index (χ3n) is 2.18. The summed E-state index contributed by atoms with van der Waals surface area (Å²) < 4.78 is 0. The maximum atomic E-state index is 11.3. The maximum Gasteiger partial charge on any atom is 0.331 e. The second-order valence-electron chi connectivity index (χ2n) is 5.69. The van der Waals surface area contributed by atoms with E-state index in [0.717, 1.165) is 0 Å². The Kier molecular flexibility index (Phi) is 7.01. The van der Waals surface area contributed by atoms with Crippen LogP contribution in [0.2, 0.25) is 0 Å². The monoisotopic (exact) mass is 286 g/mol. The average molecular weight is 286 g/mol. The first-order chi connectivity index (χ1) is 9.13. The van der Waals surface area contributed by atoms with Crippen molar-refractivity contribution >= 4 is 24.2 Å². The molecule has 0 spiro atoms. The van der Waals surface area contributed by atoms with Crippen molar-refractivity contribution in [3.05, 3.63) is 0 Å². The van der Waals surface area contributed by atoms with Crippen LogP contribution in [0.4, 0.5) is 0 Å². The van der Waals surface area contributed by atoms with E-state index in [1.165, 1.54) is 12.4 Å². The summed E-state index contributed by atoms with van der Waals surface area (Å²) in [6.07, 6.45) is 2.66. The highest BCUT2D eigenvalue weighted by Crippen LogP contribution is 2.09. The Morgan fingerprint density at radius 2 is 1.20 bits per heavy atom. The third-order valence-corrected chi connectivity index (χ3v) is 2.18. The molecule has 0 radical (unpaired) electrons. The molecule has 4 N–H and O–H groups in total. The highest BCUT2D eigenvalue weighted by atomic mass is 16.3. The molecule has 0 aromatic heterocycles. The van der Waals surface area contributed by atoms with E-state index in [4.69, 9.17) is 10.2 Å². The Hall–Kier alpha value is -1.80. The van der Waals surface area contributed by atoms with Crippen molar-refractivity contribution < 1.29 is 19.8 Å². The summed E-state index contributed by atoms with van der Waals surface area (Å²) in [7, 11) is 0. The van der Waals surface area contributed by atoms with Crippen molar-refractivity contribution in [1.82, 2.24) is 10.9 Å². The predicted octanol–water partition coefficient (Wildman–Crippen LogP) is -0.773. The molecule has 0 aliphatic carbocycles. The highest BCUT2D eigenvalue weighted by molar-refractivity contribution is 6.35. The minimum atomic E-state index is -0.978. The second kappa shape index (κ2) is 7.71. The molecule has 114 valence electrons. The quantitative estimate of drug-likeness (QED) is 0.291. The number of hydrazone groups is 2. The number of carbonyl (C=O) groups excluding carboxylic acids is 2. The molecule has 0 atom stereocenters. The summed E-state index contributed by atoms with van der Waals surface area (Å²) in [4.78, 5) is 22.6. The minimum absolute atomic E-state index is 0.140. The van der Waals surface area contributed by atoms with Gasteiger partial charge in [0.1, 0.15) is 0 Å². The zero-order valence-electron chi connectivity index (χ0n) is 12.2. The molecule has 0 fully saturated rings. The fraction of sp³-hybridized carbons (Fsp3) is 0.667. The molecule has 0 aromatic carbocycles. The Morgan fingerprint density at radius 3 is 1.45 bits per heavy atom. The largest absolute Gasteiger partial charge is 0.395 e. The van der Waals surface area contributed by atoms with Crippen LogP contribution in [-0.2, 0) is 9.59 Å². The first-order valence-electron chi connectivity index (χ1n) is 6.04. The van der Waals surface area contributed by atoms with Gasteiger partial charge in [-0.25, -0.2) is 10.9 Å². The molecule has 0 aromatic rings. The van der Waals surface area contributed by atoms with Gasteiger partial charge in [-0.1, -0.05) is 27.7 Å². The fourth-order valence-electron chi connectivity index (χ4n) is 0.714. The summed E-state index contributed by atoms with van der Waals surface area (Å²) in [6.45, 7) is 6.57. The molecular formula is C12H22N4O4. The normalized spacial score (nSPS) is 12.9. The van der Waals surface area contributed by atoms with Gasteiger partial charge in [0.25, 0.3) is 0 Å². The van der Waals surface area contributed by atoms with Crippen LogP contribution in [0.5, 0.6) is 0 Å². The van der Waals surface area contributed by atoms with E-state index < -0.39 is 22.6 Å². The summed E-state index contributed by atoms with van der Waals surface area (Å²) >= 11 is 0. The van der Waals surface area contributed by atoms with E-state index in [1.807, 2.05) is 10.9 Å². The van der Waals surface area contributed by atoms with Crippen molar-refractivity contribution in [1.29, 1.82) is 0 Å². The van der Waals surface area contributed by atoms with Crippen molar-refractivity contribution in [3.8, 4) is 0 Å². The van der Waals surface area contributed by atoms with Crippen LogP contribution in [-0.4, -0.2) is 47.7 Å². The van der Waals surface area contributed by atoms with Gasteiger partial charge in [-0.3, -0.25) is 9.59 Å². The number of hydrogen-bond acceptors (Lipinski definition) is 6. The Labute approximate surface area is 117 Å². The smallest absolute Gasteiger partial charge is 0.331 e. The Balaban J connectivity index is 4.28. The van der Waals surface area contributed by atoms with Gasteiger partial charge in [-0.05, 0) is 0 Å². The minimum Gasteiger partial charge on any atom is -0.395 e. The molecule has 0 saturated heterocycles. The molecule has 8 nitrogen and oxygen atoms in total. The highest BCUT2D eigenvalue weighted by Gasteiger charge is 2.16. The van der Waals surface area contributed by atoms with Gasteiger partial charge >= 0.3 is 11.8 Å². The molecule has 2 amide bonds. The number of rotatable bonds is 6. The third kappa shape index (κ3) is 7.59. The summed E-state index contributed by atoms with van der Waals surface area (Å²) in [5.41, 5.74) is 2.86. The Bertz CT molecular complexity index is 364. The van der Waals surface area contributed by atoms with Gasteiger partial charge in [-0.15, -0.1) is 0 Å². The zero-order chi connectivity index (χ0) is 15.8. The van der Waals surface area contributed by atoms with E-state index in [9.17, 15) is 9.59 Å². The number of aliphatic hydroxyl groups excluding tert-OH is 2. The summed E-state index contributed by atoms with van der Waals surface area (Å²) in [5.74, 6) is -1.96. The number of hydrogen-bond donors (Lipinski definition) is 4. The number of nitrogens with zero attached hydrogens (tertiary/aromatic N) is 2. The lowest BCUT2D eigenvalue weighted by Gasteiger charge is -2.14. The fourth-order valence-corrected chi connectivity index (χ4v) is 0.714. The van der Waals surface area contributed by atoms with Crippen molar-refractivity contribution in [2.24, 2.45) is 21.0 Å². The predicted molar refractivity (Wildman–Crippen MR) is 75.0 cm³/mol. The van der Waals surface area contributed by atoms with E-state index in [0.29, 0.717) is 0 Å².